The van der Waals surface area contributed by atoms with Gasteiger partial charge in [0.15, 0.2) is 0 Å². The number of carbonyl (C=O) groups excluding carboxylic acids is 2. The first kappa shape index (κ1) is 22.3. The first-order valence-corrected chi connectivity index (χ1v) is 10.1. The molecule has 2 rings (SSSR count). The molecule has 1 atom stereocenters. The first-order valence-electron chi connectivity index (χ1n) is 10.1. The Morgan fingerprint density at radius 2 is 1.55 bits per heavy atom. The lowest BCUT2D eigenvalue weighted by Crippen LogP contribution is -2.44. The van der Waals surface area contributed by atoms with Crippen LogP contribution in [0.2, 0.25) is 0 Å². The van der Waals surface area contributed by atoms with E-state index in [4.69, 9.17) is 0 Å². The molecule has 6 nitrogen and oxygen atoms in total. The van der Waals surface area contributed by atoms with Crippen LogP contribution in [0, 0.1) is 5.92 Å². The van der Waals surface area contributed by atoms with Crippen molar-refractivity contribution in [2.75, 3.05) is 25.5 Å². The fourth-order valence-corrected chi connectivity index (χ4v) is 2.89. The third-order valence-corrected chi connectivity index (χ3v) is 4.73. The summed E-state index contributed by atoms with van der Waals surface area (Å²) in [5.74, 6) is 0.351. The molecule has 0 radical (unpaired) electrons. The summed E-state index contributed by atoms with van der Waals surface area (Å²) in [5.41, 5.74) is 2.11. The average Bonchev–Trinajstić information content (AvgIpc) is 2.72. The zero-order chi connectivity index (χ0) is 21.1. The third-order valence-electron chi connectivity index (χ3n) is 4.73. The molecule has 0 saturated heterocycles. The van der Waals surface area contributed by atoms with Crippen molar-refractivity contribution in [3.63, 3.8) is 0 Å². The first-order chi connectivity index (χ1) is 14.0. The van der Waals surface area contributed by atoms with E-state index in [2.05, 4.69) is 29.8 Å². The predicted molar refractivity (Wildman–Crippen MR) is 118 cm³/mol. The number of nitrogens with one attached hydrogen (secondary N) is 3. The number of anilines is 1. The van der Waals surface area contributed by atoms with Crippen LogP contribution in [0.15, 0.2) is 60.7 Å². The number of benzene rings is 2. The fourth-order valence-electron chi connectivity index (χ4n) is 2.89. The minimum Gasteiger partial charge on any atom is -0.380 e. The summed E-state index contributed by atoms with van der Waals surface area (Å²) >= 11 is 0. The molecule has 0 saturated carbocycles. The molecular weight excluding hydrogens is 364 g/mol. The minimum absolute atomic E-state index is 0.0000423. The molecule has 0 spiro atoms. The molecule has 1 unspecified atom stereocenters. The molecule has 0 aliphatic rings. The normalized spacial score (nSPS) is 11.6. The third kappa shape index (κ3) is 8.25. The van der Waals surface area contributed by atoms with Crippen molar-refractivity contribution in [2.45, 2.75) is 32.9 Å². The van der Waals surface area contributed by atoms with Crippen LogP contribution >= 0.6 is 0 Å². The maximum atomic E-state index is 12.2. The fraction of sp³-hybridized carbons (Fsp3) is 0.391. The van der Waals surface area contributed by atoms with E-state index in [1.54, 1.807) is 11.9 Å². The molecule has 156 valence electrons. The molecule has 2 aromatic carbocycles. The SMILES string of the molecule is CC(C)C(CNC(=O)NCCC(=O)N(C)Cc1ccccc1)Nc1ccccc1. The topological polar surface area (TPSA) is 73.5 Å². The van der Waals surface area contributed by atoms with Crippen LogP contribution in [-0.2, 0) is 11.3 Å². The van der Waals surface area contributed by atoms with Gasteiger partial charge in [-0.05, 0) is 23.6 Å². The quantitative estimate of drug-likeness (QED) is 0.576. The molecule has 0 aliphatic carbocycles. The van der Waals surface area contributed by atoms with E-state index in [-0.39, 0.29) is 24.4 Å². The summed E-state index contributed by atoms with van der Waals surface area (Å²) in [6.07, 6.45) is 0.270. The van der Waals surface area contributed by atoms with E-state index in [0.29, 0.717) is 25.6 Å². The van der Waals surface area contributed by atoms with Gasteiger partial charge >= 0.3 is 6.03 Å². The van der Waals surface area contributed by atoms with Crippen LogP contribution in [0.5, 0.6) is 0 Å². The highest BCUT2D eigenvalue weighted by molar-refractivity contribution is 5.78. The number of urea groups is 1. The zero-order valence-electron chi connectivity index (χ0n) is 17.5. The lowest BCUT2D eigenvalue weighted by molar-refractivity contribution is -0.130. The Hall–Kier alpha value is -3.02. The summed E-state index contributed by atoms with van der Waals surface area (Å²) < 4.78 is 0. The molecule has 3 amide bonds. The van der Waals surface area contributed by atoms with Gasteiger partial charge in [-0.2, -0.15) is 0 Å². The largest absolute Gasteiger partial charge is 0.380 e. The molecule has 0 bridgehead atoms. The predicted octanol–water partition coefficient (Wildman–Crippen LogP) is 3.47. The van der Waals surface area contributed by atoms with E-state index in [1.807, 2.05) is 60.7 Å². The van der Waals surface area contributed by atoms with Crippen LogP contribution in [0.1, 0.15) is 25.8 Å². The van der Waals surface area contributed by atoms with Crippen LogP contribution in [0.4, 0.5) is 10.5 Å². The van der Waals surface area contributed by atoms with E-state index in [9.17, 15) is 9.59 Å². The van der Waals surface area contributed by atoms with Crippen molar-refractivity contribution in [3.8, 4) is 0 Å². The second kappa shape index (κ2) is 11.7. The Morgan fingerprint density at radius 3 is 2.17 bits per heavy atom. The number of carbonyl (C=O) groups is 2. The number of hydrogen-bond donors (Lipinski definition) is 3. The number of hydrogen-bond acceptors (Lipinski definition) is 3. The van der Waals surface area contributed by atoms with Gasteiger partial charge in [0.2, 0.25) is 5.91 Å². The molecule has 2 aromatic rings. The molecule has 0 fully saturated rings. The summed E-state index contributed by atoms with van der Waals surface area (Å²) in [5, 5.41) is 9.10. The monoisotopic (exact) mass is 396 g/mol. The number of rotatable bonds is 10. The number of nitrogens with zero attached hydrogens (tertiary/aromatic N) is 1. The Kier molecular flexibility index (Phi) is 9.02. The Morgan fingerprint density at radius 1 is 0.931 bits per heavy atom. The van der Waals surface area contributed by atoms with E-state index in [0.717, 1.165) is 11.3 Å². The zero-order valence-corrected chi connectivity index (χ0v) is 17.5. The summed E-state index contributed by atoms with van der Waals surface area (Å²) in [7, 11) is 1.78. The van der Waals surface area contributed by atoms with Crippen molar-refractivity contribution in [2.24, 2.45) is 5.92 Å². The van der Waals surface area contributed by atoms with Gasteiger partial charge in [-0.1, -0.05) is 62.4 Å². The van der Waals surface area contributed by atoms with Gasteiger partial charge in [-0.25, -0.2) is 4.79 Å². The number of amides is 3. The van der Waals surface area contributed by atoms with Crippen molar-refractivity contribution < 1.29 is 9.59 Å². The van der Waals surface area contributed by atoms with Crippen molar-refractivity contribution in [1.29, 1.82) is 0 Å². The Balaban J connectivity index is 1.68. The summed E-state index contributed by atoms with van der Waals surface area (Å²) in [6, 6.07) is 19.6. The van der Waals surface area contributed by atoms with Gasteiger partial charge in [0.1, 0.15) is 0 Å². The van der Waals surface area contributed by atoms with Gasteiger partial charge in [-0.3, -0.25) is 4.79 Å². The highest BCUT2D eigenvalue weighted by Crippen LogP contribution is 2.11. The van der Waals surface area contributed by atoms with Gasteiger partial charge in [0.05, 0.1) is 0 Å². The second-order valence-corrected chi connectivity index (χ2v) is 7.48. The van der Waals surface area contributed by atoms with Gasteiger partial charge in [-0.15, -0.1) is 0 Å². The molecule has 3 N–H and O–H groups in total. The standard InChI is InChI=1S/C23H32N4O2/c1-18(2)21(26-20-12-8-5-9-13-20)16-25-23(29)24-15-14-22(28)27(3)17-19-10-6-4-7-11-19/h4-13,18,21,26H,14-17H2,1-3H3,(H2,24,25,29). The van der Waals surface area contributed by atoms with Gasteiger partial charge in [0, 0.05) is 44.8 Å². The lowest BCUT2D eigenvalue weighted by Gasteiger charge is -2.24. The van der Waals surface area contributed by atoms with Crippen molar-refractivity contribution in [1.82, 2.24) is 15.5 Å². The summed E-state index contributed by atoms with van der Waals surface area (Å²) in [6.45, 7) is 5.60. The van der Waals surface area contributed by atoms with E-state index < -0.39 is 0 Å². The molecule has 0 aromatic heterocycles. The van der Waals surface area contributed by atoms with E-state index >= 15 is 0 Å². The highest BCUT2D eigenvalue weighted by atomic mass is 16.2. The second-order valence-electron chi connectivity index (χ2n) is 7.48. The number of para-hydroxylation sites is 1. The average molecular weight is 397 g/mol. The smallest absolute Gasteiger partial charge is 0.314 e. The molecular formula is C23H32N4O2. The van der Waals surface area contributed by atoms with Crippen LogP contribution in [0.3, 0.4) is 0 Å². The van der Waals surface area contributed by atoms with Crippen LogP contribution in [0.25, 0.3) is 0 Å². The minimum atomic E-state index is -0.260. The molecule has 6 heteroatoms. The highest BCUT2D eigenvalue weighted by Gasteiger charge is 2.15. The molecule has 29 heavy (non-hydrogen) atoms. The van der Waals surface area contributed by atoms with Gasteiger partial charge in [0.25, 0.3) is 0 Å². The summed E-state index contributed by atoms with van der Waals surface area (Å²) in [4.78, 5) is 26.0. The van der Waals surface area contributed by atoms with Crippen molar-refractivity contribution >= 4 is 17.6 Å². The lowest BCUT2D eigenvalue weighted by atomic mass is 10.0. The van der Waals surface area contributed by atoms with Gasteiger partial charge < -0.3 is 20.9 Å². The Bertz CT molecular complexity index is 750. The van der Waals surface area contributed by atoms with Crippen molar-refractivity contribution in [3.05, 3.63) is 66.2 Å². The maximum absolute atomic E-state index is 12.2. The maximum Gasteiger partial charge on any atom is 0.314 e. The van der Waals surface area contributed by atoms with Crippen LogP contribution < -0.4 is 16.0 Å². The Labute approximate surface area is 173 Å². The molecule has 0 heterocycles. The van der Waals surface area contributed by atoms with Crippen LogP contribution in [-0.4, -0.2) is 43.0 Å². The van der Waals surface area contributed by atoms with E-state index in [1.165, 1.54) is 0 Å². The molecule has 0 aliphatic heterocycles.